The molecule has 1 aliphatic rings. The number of carbonyl (C=O) groups is 1. The van der Waals surface area contributed by atoms with Crippen molar-refractivity contribution in [2.45, 2.75) is 39.7 Å². The number of nitrogens with zero attached hydrogens (tertiary/aromatic N) is 7. The van der Waals surface area contributed by atoms with Crippen LogP contribution >= 0.6 is 11.6 Å². The highest BCUT2D eigenvalue weighted by molar-refractivity contribution is 6.33. The maximum absolute atomic E-state index is 15.9. The molecule has 0 aromatic carbocycles. The first-order valence-corrected chi connectivity index (χ1v) is 13.6. The first-order valence-electron chi connectivity index (χ1n) is 13.2. The maximum Gasteiger partial charge on any atom is 0.355 e. The molecule has 0 bridgehead atoms. The van der Waals surface area contributed by atoms with Crippen molar-refractivity contribution < 1.29 is 9.18 Å². The molecule has 212 valence electrons. The number of amides is 1. The Morgan fingerprint density at radius 1 is 1.20 bits per heavy atom. The van der Waals surface area contributed by atoms with Crippen molar-refractivity contribution in [1.82, 2.24) is 29.4 Å². The van der Waals surface area contributed by atoms with Crippen LogP contribution in [0.4, 0.5) is 16.0 Å². The summed E-state index contributed by atoms with van der Waals surface area (Å²) < 4.78 is 17.3. The van der Waals surface area contributed by atoms with E-state index < -0.39 is 11.5 Å². The molecule has 0 spiro atoms. The Morgan fingerprint density at radius 2 is 1.95 bits per heavy atom. The van der Waals surface area contributed by atoms with Crippen molar-refractivity contribution in [3.05, 3.63) is 75.7 Å². The van der Waals surface area contributed by atoms with Crippen molar-refractivity contribution in [1.29, 1.82) is 0 Å². The van der Waals surface area contributed by atoms with Gasteiger partial charge in [-0.15, -0.1) is 0 Å². The summed E-state index contributed by atoms with van der Waals surface area (Å²) in [5, 5.41) is 0.476. The number of anilines is 2. The summed E-state index contributed by atoms with van der Waals surface area (Å²) in [6, 6.07) is 5.90. The lowest BCUT2D eigenvalue weighted by Crippen LogP contribution is -2.54. The summed E-state index contributed by atoms with van der Waals surface area (Å²) >= 11 is 6.39. The number of hydrogen-bond donors (Lipinski definition) is 1. The Kier molecular flexibility index (Phi) is 7.48. The number of fused-ring (bicyclic) bond motifs is 1. The van der Waals surface area contributed by atoms with Gasteiger partial charge in [-0.05, 0) is 55.7 Å². The SMILES string of the molecule is C=CC(=O)N1CCN(c2nc(=O)n(-c3c(C)ccnc3C(C)C)c3nc(-c4nc(N)ccc4Cl)c(F)cc23)[C@@H](C)C1. The molecule has 5 rings (SSSR count). The van der Waals surface area contributed by atoms with Crippen LogP contribution in [-0.4, -0.2) is 61.0 Å². The van der Waals surface area contributed by atoms with Gasteiger partial charge >= 0.3 is 5.69 Å². The quantitative estimate of drug-likeness (QED) is 0.349. The van der Waals surface area contributed by atoms with E-state index in [0.717, 1.165) is 5.56 Å². The fraction of sp³-hybridized carbons (Fsp3) is 0.310. The molecule has 41 heavy (non-hydrogen) atoms. The van der Waals surface area contributed by atoms with Gasteiger partial charge < -0.3 is 15.5 Å². The number of hydrogen-bond acceptors (Lipinski definition) is 8. The Balaban J connectivity index is 1.82. The molecule has 12 heteroatoms. The number of halogens is 2. The van der Waals surface area contributed by atoms with Crippen LogP contribution in [0.3, 0.4) is 0 Å². The fourth-order valence-corrected chi connectivity index (χ4v) is 5.40. The summed E-state index contributed by atoms with van der Waals surface area (Å²) in [6.07, 6.45) is 2.96. The number of nitrogen functional groups attached to an aromatic ring is 1. The van der Waals surface area contributed by atoms with Crippen molar-refractivity contribution in [2.75, 3.05) is 30.3 Å². The van der Waals surface area contributed by atoms with E-state index >= 15 is 4.39 Å². The van der Waals surface area contributed by atoms with E-state index in [1.54, 1.807) is 17.2 Å². The minimum absolute atomic E-state index is 0.0352. The average Bonchev–Trinajstić information content (AvgIpc) is 2.94. The van der Waals surface area contributed by atoms with Gasteiger partial charge in [0.25, 0.3) is 0 Å². The van der Waals surface area contributed by atoms with E-state index in [9.17, 15) is 9.59 Å². The predicted molar refractivity (Wildman–Crippen MR) is 158 cm³/mol. The number of piperazine rings is 1. The van der Waals surface area contributed by atoms with Gasteiger partial charge in [-0.25, -0.2) is 23.7 Å². The third kappa shape index (κ3) is 5.01. The summed E-state index contributed by atoms with van der Waals surface area (Å²) in [7, 11) is 0. The normalized spacial score (nSPS) is 15.5. The lowest BCUT2D eigenvalue weighted by Gasteiger charge is -2.40. The van der Waals surface area contributed by atoms with Crippen LogP contribution in [-0.2, 0) is 4.79 Å². The average molecular weight is 577 g/mol. The molecule has 4 aromatic rings. The standard InChI is InChI=1S/C29H30ClFN8O2/c1-6-22(40)37-11-12-38(17(5)14-37)27-18-13-20(31)25(24-19(30)7-8-21(32)34-24)35-28(18)39(29(41)36-27)26-16(4)9-10-33-23(26)15(2)3/h6-10,13,15,17H,1,11-12,14H2,2-5H3,(H2,32,34)/t17-/m0/s1. The number of aromatic nitrogens is 5. The zero-order valence-corrected chi connectivity index (χ0v) is 24.0. The second kappa shape index (κ2) is 10.9. The van der Waals surface area contributed by atoms with Gasteiger partial charge in [0, 0.05) is 31.9 Å². The van der Waals surface area contributed by atoms with E-state index in [2.05, 4.69) is 26.5 Å². The molecular weight excluding hydrogens is 547 g/mol. The summed E-state index contributed by atoms with van der Waals surface area (Å²) in [5.74, 6) is -0.499. The van der Waals surface area contributed by atoms with Crippen LogP contribution in [0.15, 0.2) is 47.9 Å². The van der Waals surface area contributed by atoms with Gasteiger partial charge in [0.1, 0.15) is 23.0 Å². The van der Waals surface area contributed by atoms with Crippen molar-refractivity contribution in [2.24, 2.45) is 0 Å². The Bertz CT molecular complexity index is 1760. The van der Waals surface area contributed by atoms with E-state index in [1.165, 1.54) is 28.8 Å². The third-order valence-corrected chi connectivity index (χ3v) is 7.51. The topological polar surface area (TPSA) is 123 Å². The van der Waals surface area contributed by atoms with Crippen molar-refractivity contribution in [3.63, 3.8) is 0 Å². The van der Waals surface area contributed by atoms with Crippen LogP contribution < -0.4 is 16.3 Å². The zero-order valence-electron chi connectivity index (χ0n) is 23.2. The predicted octanol–water partition coefficient (Wildman–Crippen LogP) is 4.27. The number of pyridine rings is 3. The van der Waals surface area contributed by atoms with Gasteiger partial charge in [-0.3, -0.25) is 9.78 Å². The molecule has 10 nitrogen and oxygen atoms in total. The van der Waals surface area contributed by atoms with Gasteiger partial charge in [0.15, 0.2) is 11.5 Å². The van der Waals surface area contributed by atoms with Gasteiger partial charge in [-0.2, -0.15) is 4.98 Å². The largest absolute Gasteiger partial charge is 0.384 e. The Morgan fingerprint density at radius 3 is 2.63 bits per heavy atom. The zero-order chi connectivity index (χ0) is 29.6. The van der Waals surface area contributed by atoms with Gasteiger partial charge in [0.05, 0.1) is 21.8 Å². The highest BCUT2D eigenvalue weighted by atomic mass is 35.5. The van der Waals surface area contributed by atoms with Crippen LogP contribution in [0.2, 0.25) is 5.02 Å². The smallest absolute Gasteiger partial charge is 0.355 e. The highest BCUT2D eigenvalue weighted by Gasteiger charge is 2.31. The Labute approximate surface area is 241 Å². The molecule has 4 aromatic heterocycles. The van der Waals surface area contributed by atoms with Gasteiger partial charge in [0.2, 0.25) is 5.91 Å². The minimum atomic E-state index is -0.703. The highest BCUT2D eigenvalue weighted by Crippen LogP contribution is 2.34. The summed E-state index contributed by atoms with van der Waals surface area (Å²) in [6.45, 7) is 12.4. The lowest BCUT2D eigenvalue weighted by atomic mass is 10.0. The summed E-state index contributed by atoms with van der Waals surface area (Å²) in [5.41, 5.74) is 7.35. The van der Waals surface area contributed by atoms with Crippen molar-refractivity contribution in [3.8, 4) is 17.1 Å². The molecule has 0 aliphatic carbocycles. The Hall–Kier alpha value is -4.38. The second-order valence-electron chi connectivity index (χ2n) is 10.4. The third-order valence-electron chi connectivity index (χ3n) is 7.20. The minimum Gasteiger partial charge on any atom is -0.384 e. The van der Waals surface area contributed by atoms with Crippen LogP contribution in [0.1, 0.15) is 37.9 Å². The second-order valence-corrected chi connectivity index (χ2v) is 10.8. The monoisotopic (exact) mass is 576 g/mol. The maximum atomic E-state index is 15.9. The first-order chi connectivity index (χ1) is 19.5. The van der Waals surface area contributed by atoms with Gasteiger partial charge in [-0.1, -0.05) is 32.0 Å². The molecule has 1 amide bonds. The van der Waals surface area contributed by atoms with E-state index in [4.69, 9.17) is 17.3 Å². The number of rotatable bonds is 5. The molecule has 1 atom stereocenters. The molecular formula is C29H30ClFN8O2. The van der Waals surface area contributed by atoms with Crippen LogP contribution in [0.5, 0.6) is 0 Å². The summed E-state index contributed by atoms with van der Waals surface area (Å²) in [4.78, 5) is 47.7. The number of carbonyl (C=O) groups excluding carboxylic acids is 1. The number of nitrogens with two attached hydrogens (primary N) is 1. The molecule has 0 unspecified atom stereocenters. The molecule has 1 saturated heterocycles. The van der Waals surface area contributed by atoms with E-state index in [0.29, 0.717) is 36.4 Å². The first kappa shape index (κ1) is 28.2. The molecule has 2 N–H and O–H groups in total. The lowest BCUT2D eigenvalue weighted by molar-refractivity contribution is -0.126. The van der Waals surface area contributed by atoms with Crippen LogP contribution in [0.25, 0.3) is 28.1 Å². The molecule has 5 heterocycles. The molecule has 1 fully saturated rings. The molecule has 0 saturated carbocycles. The number of aryl methyl sites for hydroxylation is 1. The van der Waals surface area contributed by atoms with E-state index in [-0.39, 0.29) is 51.6 Å². The molecule has 1 aliphatic heterocycles. The molecule has 0 radical (unpaired) electrons. The van der Waals surface area contributed by atoms with E-state index in [1.807, 2.05) is 32.6 Å². The fourth-order valence-electron chi connectivity index (χ4n) is 5.20. The van der Waals surface area contributed by atoms with Crippen LogP contribution in [0, 0.1) is 12.7 Å². The van der Waals surface area contributed by atoms with Crippen molar-refractivity contribution >= 4 is 40.2 Å².